The van der Waals surface area contributed by atoms with Crippen LogP contribution in [0.2, 0.25) is 0 Å². The molecule has 2 amide bonds. The lowest BCUT2D eigenvalue weighted by Gasteiger charge is -2.13. The van der Waals surface area contributed by atoms with E-state index in [9.17, 15) is 9.59 Å². The second kappa shape index (κ2) is 8.71. The minimum absolute atomic E-state index is 0.125. The summed E-state index contributed by atoms with van der Waals surface area (Å²) < 4.78 is 0. The molecule has 0 radical (unpaired) electrons. The van der Waals surface area contributed by atoms with Gasteiger partial charge in [-0.15, -0.1) is 23.1 Å². The second-order valence-electron chi connectivity index (χ2n) is 4.92. The first-order valence-electron chi connectivity index (χ1n) is 7.13. The van der Waals surface area contributed by atoms with Crippen molar-refractivity contribution in [2.45, 2.75) is 17.9 Å². The van der Waals surface area contributed by atoms with Crippen molar-refractivity contribution < 1.29 is 9.59 Å². The van der Waals surface area contributed by atoms with E-state index in [1.165, 1.54) is 16.6 Å². The number of hydrogen-bond donors (Lipinski definition) is 3. The van der Waals surface area contributed by atoms with Gasteiger partial charge >= 0.3 is 0 Å². The summed E-state index contributed by atoms with van der Waals surface area (Å²) in [6, 6.07) is 11.5. The SMILES string of the molecule is C[C@H](NCC(=O)Nc1ccccc1SCC(N)=O)c1cccs1. The summed E-state index contributed by atoms with van der Waals surface area (Å²) in [5, 5.41) is 8.07. The molecule has 2 rings (SSSR count). The fourth-order valence-corrected chi connectivity index (χ4v) is 3.43. The topological polar surface area (TPSA) is 84.2 Å². The van der Waals surface area contributed by atoms with Gasteiger partial charge in [-0.1, -0.05) is 18.2 Å². The van der Waals surface area contributed by atoms with Crippen LogP contribution in [0.25, 0.3) is 0 Å². The van der Waals surface area contributed by atoms with E-state index in [-0.39, 0.29) is 30.2 Å². The summed E-state index contributed by atoms with van der Waals surface area (Å²) in [4.78, 5) is 25.0. The number of primary amides is 1. The second-order valence-corrected chi connectivity index (χ2v) is 6.91. The highest BCUT2D eigenvalue weighted by atomic mass is 32.2. The van der Waals surface area contributed by atoms with Crippen LogP contribution < -0.4 is 16.4 Å². The van der Waals surface area contributed by atoms with Crippen molar-refractivity contribution in [1.82, 2.24) is 5.32 Å². The Morgan fingerprint density at radius 2 is 2.04 bits per heavy atom. The molecule has 0 bridgehead atoms. The van der Waals surface area contributed by atoms with Crippen LogP contribution in [-0.4, -0.2) is 24.1 Å². The van der Waals surface area contributed by atoms with Crippen molar-refractivity contribution in [3.63, 3.8) is 0 Å². The molecule has 0 unspecified atom stereocenters. The third-order valence-corrected chi connectivity index (χ3v) is 5.22. The number of hydrogen-bond acceptors (Lipinski definition) is 5. The molecule has 4 N–H and O–H groups in total. The van der Waals surface area contributed by atoms with Crippen LogP contribution in [-0.2, 0) is 9.59 Å². The molecule has 0 saturated carbocycles. The molecule has 1 aromatic carbocycles. The number of nitrogens with one attached hydrogen (secondary N) is 2. The van der Waals surface area contributed by atoms with Crippen LogP contribution in [0.5, 0.6) is 0 Å². The van der Waals surface area contributed by atoms with Gasteiger partial charge in [0.25, 0.3) is 0 Å². The Morgan fingerprint density at radius 3 is 2.74 bits per heavy atom. The molecule has 0 fully saturated rings. The maximum absolute atomic E-state index is 12.1. The zero-order valence-corrected chi connectivity index (χ0v) is 14.4. The van der Waals surface area contributed by atoms with Gasteiger partial charge in [-0.05, 0) is 30.5 Å². The van der Waals surface area contributed by atoms with Gasteiger partial charge in [0.2, 0.25) is 11.8 Å². The number of para-hydroxylation sites is 1. The lowest BCUT2D eigenvalue weighted by molar-refractivity contribution is -0.116. The highest BCUT2D eigenvalue weighted by Crippen LogP contribution is 2.26. The first kappa shape index (κ1) is 17.5. The van der Waals surface area contributed by atoms with E-state index < -0.39 is 0 Å². The monoisotopic (exact) mass is 349 g/mol. The van der Waals surface area contributed by atoms with E-state index in [4.69, 9.17) is 5.73 Å². The molecule has 1 aromatic heterocycles. The summed E-state index contributed by atoms with van der Waals surface area (Å²) in [5.41, 5.74) is 5.85. The standard InChI is InChI=1S/C16H19N3O2S2/c1-11(13-7-4-8-22-13)18-9-16(21)19-12-5-2-3-6-14(12)23-10-15(17)20/h2-8,11,18H,9-10H2,1H3,(H2,17,20)(H,19,21)/t11-/m0/s1. The zero-order valence-electron chi connectivity index (χ0n) is 12.7. The van der Waals surface area contributed by atoms with E-state index >= 15 is 0 Å². The highest BCUT2D eigenvalue weighted by Gasteiger charge is 2.11. The van der Waals surface area contributed by atoms with E-state index in [0.29, 0.717) is 5.69 Å². The van der Waals surface area contributed by atoms with Crippen molar-refractivity contribution in [3.05, 3.63) is 46.7 Å². The molecule has 0 aliphatic heterocycles. The molecule has 0 spiro atoms. The van der Waals surface area contributed by atoms with Gasteiger partial charge < -0.3 is 16.4 Å². The average Bonchev–Trinajstić information content (AvgIpc) is 3.06. The lowest BCUT2D eigenvalue weighted by Crippen LogP contribution is -2.30. The molecule has 1 heterocycles. The molecule has 0 aliphatic carbocycles. The Kier molecular flexibility index (Phi) is 6.64. The van der Waals surface area contributed by atoms with E-state index in [2.05, 4.69) is 10.6 Å². The number of carbonyl (C=O) groups is 2. The van der Waals surface area contributed by atoms with Gasteiger partial charge in [-0.3, -0.25) is 9.59 Å². The fraction of sp³-hybridized carbons (Fsp3) is 0.250. The number of anilines is 1. The number of thioether (sulfide) groups is 1. The molecule has 0 aliphatic rings. The van der Waals surface area contributed by atoms with Crippen molar-refractivity contribution in [3.8, 4) is 0 Å². The van der Waals surface area contributed by atoms with E-state index in [1.54, 1.807) is 11.3 Å². The Hall–Kier alpha value is -1.83. The van der Waals surface area contributed by atoms with Gasteiger partial charge in [-0.25, -0.2) is 0 Å². The van der Waals surface area contributed by atoms with Crippen molar-refractivity contribution in [2.75, 3.05) is 17.6 Å². The minimum atomic E-state index is -0.387. The molecule has 23 heavy (non-hydrogen) atoms. The van der Waals surface area contributed by atoms with E-state index in [0.717, 1.165) is 4.90 Å². The van der Waals surface area contributed by atoms with Crippen LogP contribution in [0.4, 0.5) is 5.69 Å². The Bertz CT molecular complexity index is 659. The first-order chi connectivity index (χ1) is 11.1. The molecule has 122 valence electrons. The Morgan fingerprint density at radius 1 is 1.26 bits per heavy atom. The number of amides is 2. The van der Waals surface area contributed by atoms with Gasteiger partial charge in [0.15, 0.2) is 0 Å². The van der Waals surface area contributed by atoms with Crippen molar-refractivity contribution in [2.24, 2.45) is 5.73 Å². The molecular weight excluding hydrogens is 330 g/mol. The van der Waals surface area contributed by atoms with Crippen LogP contribution in [0.3, 0.4) is 0 Å². The van der Waals surface area contributed by atoms with Crippen molar-refractivity contribution >= 4 is 40.6 Å². The normalized spacial score (nSPS) is 11.9. The van der Waals surface area contributed by atoms with E-state index in [1.807, 2.05) is 48.7 Å². The first-order valence-corrected chi connectivity index (χ1v) is 8.99. The fourth-order valence-electron chi connectivity index (χ4n) is 1.92. The Balaban J connectivity index is 1.88. The molecule has 0 saturated heterocycles. The third kappa shape index (κ3) is 5.70. The molecule has 5 nitrogen and oxygen atoms in total. The predicted molar refractivity (Wildman–Crippen MR) is 95.7 cm³/mol. The number of rotatable bonds is 8. The van der Waals surface area contributed by atoms with Gasteiger partial charge in [0, 0.05) is 15.8 Å². The maximum atomic E-state index is 12.1. The van der Waals surface area contributed by atoms with Gasteiger partial charge in [0.05, 0.1) is 18.0 Å². The van der Waals surface area contributed by atoms with Gasteiger partial charge in [0.1, 0.15) is 0 Å². The number of benzene rings is 1. The quantitative estimate of drug-likeness (QED) is 0.640. The van der Waals surface area contributed by atoms with Crippen LogP contribution in [0.1, 0.15) is 17.8 Å². The average molecular weight is 349 g/mol. The maximum Gasteiger partial charge on any atom is 0.238 e. The molecular formula is C16H19N3O2S2. The summed E-state index contributed by atoms with van der Waals surface area (Å²) in [6.45, 7) is 2.24. The van der Waals surface area contributed by atoms with Crippen LogP contribution in [0.15, 0.2) is 46.7 Å². The number of nitrogens with two attached hydrogens (primary N) is 1. The molecule has 2 aromatic rings. The lowest BCUT2D eigenvalue weighted by atomic mass is 10.2. The molecule has 7 heteroatoms. The summed E-state index contributed by atoms with van der Waals surface area (Å²) in [6.07, 6.45) is 0. The number of carbonyl (C=O) groups excluding carboxylic acids is 2. The van der Waals surface area contributed by atoms with Crippen LogP contribution in [0, 0.1) is 0 Å². The summed E-state index contributed by atoms with van der Waals surface area (Å²) >= 11 is 2.97. The van der Waals surface area contributed by atoms with Gasteiger partial charge in [-0.2, -0.15) is 0 Å². The highest BCUT2D eigenvalue weighted by molar-refractivity contribution is 8.00. The molecule has 1 atom stereocenters. The summed E-state index contributed by atoms with van der Waals surface area (Å²) in [5.74, 6) is -0.330. The van der Waals surface area contributed by atoms with Crippen molar-refractivity contribution in [1.29, 1.82) is 0 Å². The largest absolute Gasteiger partial charge is 0.369 e. The predicted octanol–water partition coefficient (Wildman–Crippen LogP) is 2.61. The summed E-state index contributed by atoms with van der Waals surface area (Å²) in [7, 11) is 0. The Labute approximate surface area is 143 Å². The van der Waals surface area contributed by atoms with Crippen LogP contribution >= 0.6 is 23.1 Å². The number of thiophene rings is 1. The smallest absolute Gasteiger partial charge is 0.238 e. The zero-order chi connectivity index (χ0) is 16.7. The minimum Gasteiger partial charge on any atom is -0.369 e. The third-order valence-electron chi connectivity index (χ3n) is 3.07.